The Balaban J connectivity index is 2.00. The molecular weight excluding hydrogens is 214 g/mol. The van der Waals surface area contributed by atoms with Crippen LogP contribution in [-0.2, 0) is 12.8 Å². The molecular formula is C14H15NS. The second-order valence-corrected chi connectivity index (χ2v) is 5.55. The van der Waals surface area contributed by atoms with Crippen molar-refractivity contribution in [2.45, 2.75) is 32.6 Å². The first-order valence-electron chi connectivity index (χ1n) is 5.88. The fraction of sp³-hybridized carbons (Fsp3) is 0.357. The summed E-state index contributed by atoms with van der Waals surface area (Å²) in [6, 6.07) is 8.69. The molecule has 0 unspecified atom stereocenters. The van der Waals surface area contributed by atoms with Gasteiger partial charge in [-0.25, -0.2) is 4.98 Å². The first kappa shape index (κ1) is 10.0. The number of hydrogen-bond donors (Lipinski definition) is 0. The van der Waals surface area contributed by atoms with Gasteiger partial charge in [0.25, 0.3) is 0 Å². The molecule has 1 aromatic carbocycles. The van der Waals surface area contributed by atoms with Crippen molar-refractivity contribution in [1.82, 2.24) is 4.98 Å². The molecule has 0 aliphatic heterocycles. The van der Waals surface area contributed by atoms with Gasteiger partial charge in [0.2, 0.25) is 0 Å². The minimum atomic E-state index is 1.18. The summed E-state index contributed by atoms with van der Waals surface area (Å²) >= 11 is 1.88. The van der Waals surface area contributed by atoms with Crippen LogP contribution in [0.15, 0.2) is 24.3 Å². The third-order valence-corrected chi connectivity index (χ3v) is 4.35. The van der Waals surface area contributed by atoms with E-state index in [2.05, 4.69) is 31.2 Å². The summed E-state index contributed by atoms with van der Waals surface area (Å²) in [5, 5.41) is 1.20. The molecule has 16 heavy (non-hydrogen) atoms. The summed E-state index contributed by atoms with van der Waals surface area (Å²) in [4.78, 5) is 6.28. The molecule has 0 radical (unpaired) electrons. The van der Waals surface area contributed by atoms with Gasteiger partial charge in [-0.2, -0.15) is 0 Å². The fourth-order valence-electron chi connectivity index (χ4n) is 2.17. The number of rotatable bonds is 1. The van der Waals surface area contributed by atoms with Crippen molar-refractivity contribution in [3.8, 4) is 10.6 Å². The lowest BCUT2D eigenvalue weighted by molar-refractivity contribution is 0.682. The lowest BCUT2D eigenvalue weighted by Crippen LogP contribution is -1.98. The summed E-state index contributed by atoms with van der Waals surface area (Å²) < 4.78 is 0. The van der Waals surface area contributed by atoms with E-state index in [0.29, 0.717) is 0 Å². The van der Waals surface area contributed by atoms with Crippen molar-refractivity contribution in [3.63, 3.8) is 0 Å². The van der Waals surface area contributed by atoms with Crippen LogP contribution in [0.25, 0.3) is 10.6 Å². The standard InChI is InChI=1S/C14H15NS/c1-10-6-8-11(9-7-10)14-15-12-4-2-3-5-13(12)16-14/h6-9H,2-5H2,1H3. The zero-order valence-corrected chi connectivity index (χ0v) is 10.3. The summed E-state index contributed by atoms with van der Waals surface area (Å²) in [5.74, 6) is 0. The zero-order valence-electron chi connectivity index (χ0n) is 9.49. The van der Waals surface area contributed by atoms with Crippen molar-refractivity contribution in [1.29, 1.82) is 0 Å². The maximum absolute atomic E-state index is 4.77. The SMILES string of the molecule is Cc1ccc(-c2nc3c(s2)CCCC3)cc1. The van der Waals surface area contributed by atoms with Gasteiger partial charge in [-0.3, -0.25) is 0 Å². The molecule has 2 aromatic rings. The molecule has 0 N–H and O–H groups in total. The van der Waals surface area contributed by atoms with Gasteiger partial charge in [-0.15, -0.1) is 11.3 Å². The van der Waals surface area contributed by atoms with Crippen LogP contribution in [-0.4, -0.2) is 4.98 Å². The predicted octanol–water partition coefficient (Wildman–Crippen LogP) is 4.00. The Morgan fingerprint density at radius 2 is 1.81 bits per heavy atom. The molecule has 1 nitrogen and oxygen atoms in total. The fourth-order valence-corrected chi connectivity index (χ4v) is 3.33. The quantitative estimate of drug-likeness (QED) is 0.720. The number of fused-ring (bicyclic) bond motifs is 1. The third-order valence-electron chi connectivity index (χ3n) is 3.14. The highest BCUT2D eigenvalue weighted by atomic mass is 32.1. The number of aromatic nitrogens is 1. The van der Waals surface area contributed by atoms with Crippen LogP contribution in [0, 0.1) is 6.92 Å². The van der Waals surface area contributed by atoms with E-state index in [1.54, 1.807) is 0 Å². The molecule has 1 aliphatic carbocycles. The van der Waals surface area contributed by atoms with Gasteiger partial charge in [-0.1, -0.05) is 29.8 Å². The summed E-state index contributed by atoms with van der Waals surface area (Å²) in [7, 11) is 0. The average molecular weight is 229 g/mol. The zero-order chi connectivity index (χ0) is 11.0. The van der Waals surface area contributed by atoms with Crippen LogP contribution in [0.3, 0.4) is 0 Å². The largest absolute Gasteiger partial charge is 0.241 e. The number of benzene rings is 1. The Bertz CT molecular complexity index is 472. The normalized spacial score (nSPS) is 14.8. The summed E-state index contributed by atoms with van der Waals surface area (Å²) in [6.07, 6.45) is 5.06. The molecule has 0 spiro atoms. The van der Waals surface area contributed by atoms with Gasteiger partial charge in [0.1, 0.15) is 5.01 Å². The summed E-state index contributed by atoms with van der Waals surface area (Å²) in [5.41, 5.74) is 3.93. The Hall–Kier alpha value is -1.15. The van der Waals surface area contributed by atoms with E-state index in [-0.39, 0.29) is 0 Å². The van der Waals surface area contributed by atoms with Crippen molar-refractivity contribution < 1.29 is 0 Å². The van der Waals surface area contributed by atoms with Gasteiger partial charge in [0.05, 0.1) is 5.69 Å². The van der Waals surface area contributed by atoms with Gasteiger partial charge in [-0.05, 0) is 32.6 Å². The molecule has 0 amide bonds. The number of nitrogens with zero attached hydrogens (tertiary/aromatic N) is 1. The van der Waals surface area contributed by atoms with E-state index in [1.807, 2.05) is 11.3 Å². The first-order chi connectivity index (χ1) is 7.83. The molecule has 1 aliphatic rings. The highest BCUT2D eigenvalue weighted by Gasteiger charge is 2.15. The molecule has 0 fully saturated rings. The maximum atomic E-state index is 4.77. The Kier molecular flexibility index (Phi) is 2.52. The van der Waals surface area contributed by atoms with Crippen LogP contribution in [0.4, 0.5) is 0 Å². The first-order valence-corrected chi connectivity index (χ1v) is 6.70. The number of thiazole rings is 1. The maximum Gasteiger partial charge on any atom is 0.123 e. The minimum Gasteiger partial charge on any atom is -0.241 e. The van der Waals surface area contributed by atoms with E-state index in [1.165, 1.54) is 52.4 Å². The molecule has 0 saturated carbocycles. The second kappa shape index (κ2) is 4.02. The van der Waals surface area contributed by atoms with Crippen molar-refractivity contribution in [2.75, 3.05) is 0 Å². The molecule has 1 heterocycles. The van der Waals surface area contributed by atoms with Gasteiger partial charge in [0, 0.05) is 10.4 Å². The number of aryl methyl sites for hydroxylation is 3. The average Bonchev–Trinajstić information content (AvgIpc) is 2.73. The van der Waals surface area contributed by atoms with Crippen LogP contribution >= 0.6 is 11.3 Å². The predicted molar refractivity (Wildman–Crippen MR) is 68.9 cm³/mol. The van der Waals surface area contributed by atoms with Crippen LogP contribution in [0.2, 0.25) is 0 Å². The molecule has 0 saturated heterocycles. The molecule has 1 aromatic heterocycles. The lowest BCUT2D eigenvalue weighted by Gasteiger charge is -2.06. The Morgan fingerprint density at radius 1 is 1.06 bits per heavy atom. The highest BCUT2D eigenvalue weighted by Crippen LogP contribution is 2.32. The lowest BCUT2D eigenvalue weighted by atomic mass is 10.0. The van der Waals surface area contributed by atoms with Crippen molar-refractivity contribution in [3.05, 3.63) is 40.4 Å². The topological polar surface area (TPSA) is 12.9 Å². The van der Waals surface area contributed by atoms with Crippen molar-refractivity contribution in [2.24, 2.45) is 0 Å². The monoisotopic (exact) mass is 229 g/mol. The Morgan fingerprint density at radius 3 is 2.56 bits per heavy atom. The van der Waals surface area contributed by atoms with Crippen LogP contribution in [0.1, 0.15) is 29.0 Å². The van der Waals surface area contributed by atoms with E-state index >= 15 is 0 Å². The second-order valence-electron chi connectivity index (χ2n) is 4.46. The number of hydrogen-bond acceptors (Lipinski definition) is 2. The van der Waals surface area contributed by atoms with Gasteiger partial charge in [0.15, 0.2) is 0 Å². The van der Waals surface area contributed by atoms with E-state index in [4.69, 9.17) is 4.98 Å². The van der Waals surface area contributed by atoms with Crippen LogP contribution < -0.4 is 0 Å². The minimum absolute atomic E-state index is 1.18. The Labute approximate surface area is 100 Å². The summed E-state index contributed by atoms with van der Waals surface area (Å²) in [6.45, 7) is 2.12. The smallest absolute Gasteiger partial charge is 0.123 e. The third kappa shape index (κ3) is 1.78. The van der Waals surface area contributed by atoms with Gasteiger partial charge >= 0.3 is 0 Å². The van der Waals surface area contributed by atoms with Crippen molar-refractivity contribution >= 4 is 11.3 Å². The van der Waals surface area contributed by atoms with Crippen LogP contribution in [0.5, 0.6) is 0 Å². The molecule has 0 bridgehead atoms. The molecule has 82 valence electrons. The molecule has 2 heteroatoms. The molecule has 3 rings (SSSR count). The van der Waals surface area contributed by atoms with E-state index in [9.17, 15) is 0 Å². The van der Waals surface area contributed by atoms with E-state index < -0.39 is 0 Å². The highest BCUT2D eigenvalue weighted by molar-refractivity contribution is 7.15. The van der Waals surface area contributed by atoms with Gasteiger partial charge < -0.3 is 0 Å². The van der Waals surface area contributed by atoms with E-state index in [0.717, 1.165) is 0 Å². The molecule has 0 atom stereocenters.